The molecule has 0 aliphatic carbocycles. The molecule has 1 heterocycles. The summed E-state index contributed by atoms with van der Waals surface area (Å²) < 4.78 is 0. The number of carboxylic acid groups (broad SMARTS) is 1. The van der Waals surface area contributed by atoms with Crippen molar-refractivity contribution in [2.24, 2.45) is 0 Å². The highest BCUT2D eigenvalue weighted by Gasteiger charge is 2.22. The molecular formula is C16H24N2O2. The Bertz CT molecular complexity index is 433. The van der Waals surface area contributed by atoms with Crippen LogP contribution in [0, 0.1) is 0 Å². The molecule has 1 aromatic rings. The second kappa shape index (κ2) is 6.86. The molecule has 1 unspecified atom stereocenters. The van der Waals surface area contributed by atoms with Crippen LogP contribution in [0.2, 0.25) is 0 Å². The number of hydrogen-bond donors (Lipinski definition) is 2. The van der Waals surface area contributed by atoms with Gasteiger partial charge in [0.25, 0.3) is 0 Å². The largest absolute Gasteiger partial charge is 0.480 e. The molecule has 0 amide bonds. The van der Waals surface area contributed by atoms with Crippen molar-refractivity contribution in [3.05, 3.63) is 35.4 Å². The number of carbonyl (C=O) groups is 1. The van der Waals surface area contributed by atoms with Crippen molar-refractivity contribution in [1.29, 1.82) is 0 Å². The van der Waals surface area contributed by atoms with E-state index in [1.807, 2.05) is 13.8 Å². The summed E-state index contributed by atoms with van der Waals surface area (Å²) >= 11 is 0. The summed E-state index contributed by atoms with van der Waals surface area (Å²) in [5, 5.41) is 12.4. The summed E-state index contributed by atoms with van der Waals surface area (Å²) in [6, 6.07) is 8.21. The van der Waals surface area contributed by atoms with Crippen molar-refractivity contribution in [2.75, 3.05) is 19.6 Å². The molecule has 4 heteroatoms. The van der Waals surface area contributed by atoms with Crippen LogP contribution in [0.25, 0.3) is 0 Å². The number of benzene rings is 1. The van der Waals surface area contributed by atoms with E-state index < -0.39 is 12.0 Å². The Hall–Kier alpha value is -1.39. The van der Waals surface area contributed by atoms with Gasteiger partial charge in [-0.15, -0.1) is 0 Å². The highest BCUT2D eigenvalue weighted by molar-refractivity contribution is 5.73. The van der Waals surface area contributed by atoms with E-state index in [1.54, 1.807) is 0 Å². The summed E-state index contributed by atoms with van der Waals surface area (Å²) in [4.78, 5) is 13.6. The van der Waals surface area contributed by atoms with Crippen LogP contribution in [0.1, 0.15) is 25.0 Å². The number of nitrogens with zero attached hydrogens (tertiary/aromatic N) is 1. The summed E-state index contributed by atoms with van der Waals surface area (Å²) in [5.41, 5.74) is 2.80. The first-order valence-electron chi connectivity index (χ1n) is 7.34. The molecule has 2 rings (SSSR count). The van der Waals surface area contributed by atoms with Gasteiger partial charge in [0, 0.05) is 25.7 Å². The fraction of sp³-hybridized carbons (Fsp3) is 0.562. The lowest BCUT2D eigenvalue weighted by atomic mass is 10.0. The van der Waals surface area contributed by atoms with Gasteiger partial charge < -0.3 is 15.3 Å². The van der Waals surface area contributed by atoms with Gasteiger partial charge in [-0.1, -0.05) is 38.1 Å². The number of nitrogens with one attached hydrogen (secondary N) is 1. The topological polar surface area (TPSA) is 52.6 Å². The Morgan fingerprint density at radius 1 is 1.25 bits per heavy atom. The molecule has 4 nitrogen and oxygen atoms in total. The standard InChI is InChI=1S/C16H24N2O2/c1-12(2)17-15(16(19)20)11-18-9-7-13-5-3-4-6-14(13)8-10-18/h3-6,12,15,17H,7-11H2,1-2H3,(H,19,20). The minimum atomic E-state index is -0.763. The second-order valence-electron chi connectivity index (χ2n) is 5.78. The predicted octanol–water partition coefficient (Wildman–Crippen LogP) is 1.54. The minimum Gasteiger partial charge on any atom is -0.480 e. The molecule has 20 heavy (non-hydrogen) atoms. The lowest BCUT2D eigenvalue weighted by molar-refractivity contribution is -0.140. The zero-order chi connectivity index (χ0) is 14.5. The van der Waals surface area contributed by atoms with E-state index in [9.17, 15) is 9.90 Å². The summed E-state index contributed by atoms with van der Waals surface area (Å²) in [6.45, 7) is 6.39. The molecule has 1 aromatic carbocycles. The lowest BCUT2D eigenvalue weighted by Crippen LogP contribution is -2.49. The van der Waals surface area contributed by atoms with Gasteiger partial charge in [-0.05, 0) is 24.0 Å². The molecule has 0 bridgehead atoms. The Kier molecular flexibility index (Phi) is 5.15. The Labute approximate surface area is 120 Å². The van der Waals surface area contributed by atoms with Gasteiger partial charge >= 0.3 is 5.97 Å². The molecule has 0 saturated carbocycles. The molecule has 0 spiro atoms. The Morgan fingerprint density at radius 3 is 2.25 bits per heavy atom. The van der Waals surface area contributed by atoms with Crippen LogP contribution in [0.15, 0.2) is 24.3 Å². The van der Waals surface area contributed by atoms with Crippen molar-refractivity contribution < 1.29 is 9.90 Å². The SMILES string of the molecule is CC(C)NC(CN1CCc2ccccc2CC1)C(=O)O. The van der Waals surface area contributed by atoms with Gasteiger partial charge in [0.15, 0.2) is 0 Å². The molecule has 2 N–H and O–H groups in total. The van der Waals surface area contributed by atoms with Crippen LogP contribution in [0.5, 0.6) is 0 Å². The highest BCUT2D eigenvalue weighted by atomic mass is 16.4. The molecule has 0 radical (unpaired) electrons. The first kappa shape index (κ1) is 15.0. The van der Waals surface area contributed by atoms with E-state index in [-0.39, 0.29) is 6.04 Å². The third-order valence-electron chi connectivity index (χ3n) is 3.79. The maximum atomic E-state index is 11.3. The third kappa shape index (κ3) is 4.05. The molecule has 1 atom stereocenters. The third-order valence-corrected chi connectivity index (χ3v) is 3.79. The quantitative estimate of drug-likeness (QED) is 0.856. The maximum absolute atomic E-state index is 11.3. The van der Waals surface area contributed by atoms with Crippen molar-refractivity contribution in [2.45, 2.75) is 38.8 Å². The van der Waals surface area contributed by atoms with Crippen molar-refractivity contribution in [1.82, 2.24) is 10.2 Å². The van der Waals surface area contributed by atoms with Crippen LogP contribution in [-0.4, -0.2) is 47.7 Å². The van der Waals surface area contributed by atoms with Crippen LogP contribution in [0.4, 0.5) is 0 Å². The van der Waals surface area contributed by atoms with Gasteiger partial charge in [-0.25, -0.2) is 0 Å². The van der Waals surface area contributed by atoms with E-state index >= 15 is 0 Å². The number of carboxylic acids is 1. The van der Waals surface area contributed by atoms with Crippen LogP contribution >= 0.6 is 0 Å². The van der Waals surface area contributed by atoms with E-state index in [0.717, 1.165) is 25.9 Å². The fourth-order valence-electron chi connectivity index (χ4n) is 2.76. The molecule has 1 aliphatic heterocycles. The first-order chi connectivity index (χ1) is 9.56. The molecule has 0 aromatic heterocycles. The number of rotatable bonds is 5. The summed E-state index contributed by atoms with van der Waals surface area (Å²) in [5.74, 6) is -0.763. The van der Waals surface area contributed by atoms with Gasteiger partial charge in [-0.2, -0.15) is 0 Å². The van der Waals surface area contributed by atoms with Gasteiger partial charge in [-0.3, -0.25) is 4.79 Å². The summed E-state index contributed by atoms with van der Waals surface area (Å²) in [6.07, 6.45) is 2.01. The fourth-order valence-corrected chi connectivity index (χ4v) is 2.76. The van der Waals surface area contributed by atoms with Crippen LogP contribution in [0.3, 0.4) is 0 Å². The first-order valence-corrected chi connectivity index (χ1v) is 7.34. The average Bonchev–Trinajstić information content (AvgIpc) is 2.60. The Balaban J connectivity index is 1.96. The second-order valence-corrected chi connectivity index (χ2v) is 5.78. The lowest BCUT2D eigenvalue weighted by Gasteiger charge is -2.25. The highest BCUT2D eigenvalue weighted by Crippen LogP contribution is 2.15. The number of hydrogen-bond acceptors (Lipinski definition) is 3. The zero-order valence-electron chi connectivity index (χ0n) is 12.3. The number of aliphatic carboxylic acids is 1. The summed E-state index contributed by atoms with van der Waals surface area (Å²) in [7, 11) is 0. The minimum absolute atomic E-state index is 0.181. The van der Waals surface area contributed by atoms with Crippen LogP contribution < -0.4 is 5.32 Å². The maximum Gasteiger partial charge on any atom is 0.322 e. The van der Waals surface area contributed by atoms with Crippen molar-refractivity contribution >= 4 is 5.97 Å². The van der Waals surface area contributed by atoms with Crippen molar-refractivity contribution in [3.63, 3.8) is 0 Å². The van der Waals surface area contributed by atoms with Gasteiger partial charge in [0.05, 0.1) is 0 Å². The van der Waals surface area contributed by atoms with Crippen molar-refractivity contribution in [3.8, 4) is 0 Å². The molecule has 0 fully saturated rings. The van der Waals surface area contributed by atoms with Gasteiger partial charge in [0.1, 0.15) is 6.04 Å². The Morgan fingerprint density at radius 2 is 1.80 bits per heavy atom. The molecule has 1 aliphatic rings. The average molecular weight is 276 g/mol. The monoisotopic (exact) mass is 276 g/mol. The molecular weight excluding hydrogens is 252 g/mol. The van der Waals surface area contributed by atoms with Crippen LogP contribution in [-0.2, 0) is 17.6 Å². The molecule has 110 valence electrons. The molecule has 0 saturated heterocycles. The van der Waals surface area contributed by atoms with E-state index in [4.69, 9.17) is 0 Å². The predicted molar refractivity (Wildman–Crippen MR) is 80.0 cm³/mol. The van der Waals surface area contributed by atoms with Gasteiger partial charge in [0.2, 0.25) is 0 Å². The zero-order valence-corrected chi connectivity index (χ0v) is 12.3. The smallest absolute Gasteiger partial charge is 0.322 e. The van der Waals surface area contributed by atoms with E-state index in [1.165, 1.54) is 11.1 Å². The number of fused-ring (bicyclic) bond motifs is 1. The normalized spacial score (nSPS) is 17.6. The van der Waals surface area contributed by atoms with E-state index in [2.05, 4.69) is 34.5 Å². The van der Waals surface area contributed by atoms with E-state index in [0.29, 0.717) is 6.54 Å².